The van der Waals surface area contributed by atoms with Crippen LogP contribution >= 0.6 is 11.6 Å². The summed E-state index contributed by atoms with van der Waals surface area (Å²) in [7, 11) is 1.65. The largest absolute Gasteiger partial charge is 0.497 e. The Morgan fingerprint density at radius 3 is 2.64 bits per heavy atom. The zero-order valence-electron chi connectivity index (χ0n) is 15.8. The number of methoxy groups -OCH3 is 1. The Labute approximate surface area is 170 Å². The van der Waals surface area contributed by atoms with E-state index in [0.717, 1.165) is 29.0 Å². The van der Waals surface area contributed by atoms with Crippen LogP contribution in [0.3, 0.4) is 0 Å². The SMILES string of the molecule is COc1cccc(CCNC(=O)C(Cc2ccccn2)c2ccc(Cl)cc2)c1. The zero-order valence-corrected chi connectivity index (χ0v) is 16.5. The maximum Gasteiger partial charge on any atom is 0.227 e. The minimum atomic E-state index is -0.322. The van der Waals surface area contributed by atoms with Gasteiger partial charge in [0, 0.05) is 29.9 Å². The maximum atomic E-state index is 12.9. The molecule has 0 aliphatic rings. The van der Waals surface area contributed by atoms with Gasteiger partial charge in [0.2, 0.25) is 5.91 Å². The summed E-state index contributed by atoms with van der Waals surface area (Å²) >= 11 is 6.01. The first-order valence-electron chi connectivity index (χ1n) is 9.21. The fourth-order valence-corrected chi connectivity index (χ4v) is 3.19. The number of carbonyl (C=O) groups is 1. The first kappa shape index (κ1) is 19.9. The Hall–Kier alpha value is -2.85. The number of halogens is 1. The normalized spacial score (nSPS) is 11.6. The number of pyridine rings is 1. The van der Waals surface area contributed by atoms with Gasteiger partial charge in [-0.1, -0.05) is 41.9 Å². The van der Waals surface area contributed by atoms with Crippen LogP contribution in [-0.4, -0.2) is 24.5 Å². The van der Waals surface area contributed by atoms with Crippen molar-refractivity contribution >= 4 is 17.5 Å². The van der Waals surface area contributed by atoms with Crippen LogP contribution in [0, 0.1) is 0 Å². The van der Waals surface area contributed by atoms with E-state index in [1.165, 1.54) is 0 Å². The Balaban J connectivity index is 1.68. The molecule has 28 heavy (non-hydrogen) atoms. The molecule has 144 valence electrons. The third-order valence-corrected chi connectivity index (χ3v) is 4.83. The molecule has 2 aromatic carbocycles. The summed E-state index contributed by atoms with van der Waals surface area (Å²) in [6.45, 7) is 0.554. The van der Waals surface area contributed by atoms with Crippen LogP contribution in [0.5, 0.6) is 5.75 Å². The molecule has 0 radical (unpaired) electrons. The Bertz CT molecular complexity index is 898. The number of hydrogen-bond donors (Lipinski definition) is 1. The quantitative estimate of drug-likeness (QED) is 0.615. The summed E-state index contributed by atoms with van der Waals surface area (Å²) in [6, 6.07) is 21.0. The van der Waals surface area contributed by atoms with E-state index in [-0.39, 0.29) is 11.8 Å². The molecule has 3 aromatic rings. The molecule has 3 rings (SSSR count). The maximum absolute atomic E-state index is 12.9. The van der Waals surface area contributed by atoms with Crippen LogP contribution in [0.1, 0.15) is 22.7 Å². The molecule has 1 heterocycles. The van der Waals surface area contributed by atoms with Crippen LogP contribution in [0.25, 0.3) is 0 Å². The third kappa shape index (κ3) is 5.57. The van der Waals surface area contributed by atoms with Crippen molar-refractivity contribution in [3.05, 3.63) is 94.8 Å². The fraction of sp³-hybridized carbons (Fsp3) is 0.217. The molecule has 0 bridgehead atoms. The summed E-state index contributed by atoms with van der Waals surface area (Å²) < 4.78 is 5.25. The molecule has 0 aliphatic carbocycles. The monoisotopic (exact) mass is 394 g/mol. The van der Waals surface area contributed by atoms with Crippen molar-refractivity contribution in [1.82, 2.24) is 10.3 Å². The number of aromatic nitrogens is 1. The lowest BCUT2D eigenvalue weighted by Gasteiger charge is -2.17. The van der Waals surface area contributed by atoms with Crippen molar-refractivity contribution < 1.29 is 9.53 Å². The second kappa shape index (κ2) is 9.90. The van der Waals surface area contributed by atoms with Gasteiger partial charge in [0.05, 0.1) is 13.0 Å². The minimum Gasteiger partial charge on any atom is -0.497 e. The van der Waals surface area contributed by atoms with Crippen LogP contribution in [0.4, 0.5) is 0 Å². The molecule has 0 spiro atoms. The highest BCUT2D eigenvalue weighted by molar-refractivity contribution is 6.30. The number of amides is 1. The standard InChI is InChI=1S/C23H23ClN2O2/c1-28-21-7-4-5-17(15-21)12-14-26-23(27)22(16-20-6-2-3-13-25-20)18-8-10-19(24)11-9-18/h2-11,13,15,22H,12,14,16H2,1H3,(H,26,27). The van der Waals surface area contributed by atoms with Crippen LogP contribution in [0.2, 0.25) is 5.02 Å². The van der Waals surface area contributed by atoms with Crippen molar-refractivity contribution in [2.75, 3.05) is 13.7 Å². The minimum absolute atomic E-state index is 0.0177. The van der Waals surface area contributed by atoms with Crippen molar-refractivity contribution in [2.24, 2.45) is 0 Å². The third-order valence-electron chi connectivity index (χ3n) is 4.58. The van der Waals surface area contributed by atoms with Crippen LogP contribution in [0.15, 0.2) is 72.9 Å². The van der Waals surface area contributed by atoms with Crippen molar-refractivity contribution in [1.29, 1.82) is 0 Å². The van der Waals surface area contributed by atoms with E-state index in [1.807, 2.05) is 66.7 Å². The molecule has 1 atom stereocenters. The van der Waals surface area contributed by atoms with Gasteiger partial charge in [-0.25, -0.2) is 0 Å². The molecule has 1 unspecified atom stereocenters. The van der Waals surface area contributed by atoms with Crippen molar-refractivity contribution in [3.8, 4) is 5.75 Å². The van der Waals surface area contributed by atoms with Gasteiger partial charge in [0.25, 0.3) is 0 Å². The average molecular weight is 395 g/mol. The molecular formula is C23H23ClN2O2. The van der Waals surface area contributed by atoms with E-state index in [1.54, 1.807) is 13.3 Å². The van der Waals surface area contributed by atoms with Crippen LogP contribution < -0.4 is 10.1 Å². The molecule has 4 nitrogen and oxygen atoms in total. The Kier molecular flexibility index (Phi) is 7.04. The van der Waals surface area contributed by atoms with E-state index in [4.69, 9.17) is 16.3 Å². The predicted octanol–water partition coefficient (Wildman–Crippen LogP) is 4.43. The highest BCUT2D eigenvalue weighted by Gasteiger charge is 2.21. The second-order valence-corrected chi connectivity index (χ2v) is 6.96. The smallest absolute Gasteiger partial charge is 0.227 e. The fourth-order valence-electron chi connectivity index (χ4n) is 3.07. The second-order valence-electron chi connectivity index (χ2n) is 6.52. The molecule has 1 aromatic heterocycles. The summed E-state index contributed by atoms with van der Waals surface area (Å²) in [5.41, 5.74) is 2.92. The lowest BCUT2D eigenvalue weighted by Crippen LogP contribution is -2.32. The van der Waals surface area contributed by atoms with Gasteiger partial charge in [-0.2, -0.15) is 0 Å². The van der Waals surface area contributed by atoms with Gasteiger partial charge in [0.15, 0.2) is 0 Å². The van der Waals surface area contributed by atoms with Gasteiger partial charge in [-0.05, 0) is 53.9 Å². The number of carbonyl (C=O) groups excluding carboxylic acids is 1. The lowest BCUT2D eigenvalue weighted by atomic mass is 9.93. The van der Waals surface area contributed by atoms with Gasteiger partial charge in [-0.15, -0.1) is 0 Å². The van der Waals surface area contributed by atoms with Gasteiger partial charge in [-0.3, -0.25) is 9.78 Å². The van der Waals surface area contributed by atoms with Crippen molar-refractivity contribution in [3.63, 3.8) is 0 Å². The topological polar surface area (TPSA) is 51.2 Å². The van der Waals surface area contributed by atoms with E-state index in [9.17, 15) is 4.79 Å². The molecule has 0 saturated carbocycles. The van der Waals surface area contributed by atoms with Crippen molar-refractivity contribution in [2.45, 2.75) is 18.8 Å². The van der Waals surface area contributed by atoms with E-state index < -0.39 is 0 Å². The average Bonchev–Trinajstić information content (AvgIpc) is 2.73. The van der Waals surface area contributed by atoms with Gasteiger partial charge in [0.1, 0.15) is 5.75 Å². The van der Waals surface area contributed by atoms with Crippen LogP contribution in [-0.2, 0) is 17.6 Å². The van der Waals surface area contributed by atoms with E-state index in [2.05, 4.69) is 10.3 Å². The predicted molar refractivity (Wildman–Crippen MR) is 112 cm³/mol. The number of nitrogens with one attached hydrogen (secondary N) is 1. The highest BCUT2D eigenvalue weighted by atomic mass is 35.5. The first-order valence-corrected chi connectivity index (χ1v) is 9.59. The summed E-state index contributed by atoms with van der Waals surface area (Å²) in [6.07, 6.45) is 3.02. The zero-order chi connectivity index (χ0) is 19.8. The number of ether oxygens (including phenoxy) is 1. The van der Waals surface area contributed by atoms with E-state index in [0.29, 0.717) is 18.0 Å². The Morgan fingerprint density at radius 1 is 1.11 bits per heavy atom. The van der Waals surface area contributed by atoms with E-state index >= 15 is 0 Å². The number of benzene rings is 2. The summed E-state index contributed by atoms with van der Waals surface area (Å²) in [4.78, 5) is 17.3. The molecule has 0 fully saturated rings. The Morgan fingerprint density at radius 2 is 1.93 bits per heavy atom. The first-order chi connectivity index (χ1) is 13.7. The number of rotatable bonds is 8. The molecular weight excluding hydrogens is 372 g/mol. The summed E-state index contributed by atoms with van der Waals surface area (Å²) in [5, 5.41) is 3.71. The summed E-state index contributed by atoms with van der Waals surface area (Å²) in [5.74, 6) is 0.478. The van der Waals surface area contributed by atoms with Gasteiger partial charge < -0.3 is 10.1 Å². The van der Waals surface area contributed by atoms with Gasteiger partial charge >= 0.3 is 0 Å². The number of nitrogens with zero attached hydrogens (tertiary/aromatic N) is 1. The molecule has 0 saturated heterocycles. The number of hydrogen-bond acceptors (Lipinski definition) is 3. The molecule has 1 amide bonds. The molecule has 5 heteroatoms. The molecule has 0 aliphatic heterocycles. The highest BCUT2D eigenvalue weighted by Crippen LogP contribution is 2.22. The molecule has 1 N–H and O–H groups in total. The lowest BCUT2D eigenvalue weighted by molar-refractivity contribution is -0.122.